The Bertz CT molecular complexity index is 559. The summed E-state index contributed by atoms with van der Waals surface area (Å²) in [5.74, 6) is 0.490. The average Bonchev–Trinajstić information content (AvgIpc) is 2.24. The third-order valence-electron chi connectivity index (χ3n) is 3.07. The van der Waals surface area contributed by atoms with Crippen LogP contribution in [0, 0.1) is 11.8 Å². The third-order valence-corrected chi connectivity index (χ3v) is 3.74. The summed E-state index contributed by atoms with van der Waals surface area (Å²) >= 11 is 0. The van der Waals surface area contributed by atoms with Gasteiger partial charge in [-0.1, -0.05) is 33.8 Å². The maximum Gasteiger partial charge on any atom is 0.269 e. The van der Waals surface area contributed by atoms with Crippen molar-refractivity contribution in [1.29, 1.82) is 0 Å². The minimum absolute atomic E-state index is 0.202. The first kappa shape index (κ1) is 17.0. The molecule has 0 saturated carbocycles. The van der Waals surface area contributed by atoms with Crippen molar-refractivity contribution in [3.8, 4) is 5.75 Å². The summed E-state index contributed by atoms with van der Waals surface area (Å²) < 4.78 is 31.4. The van der Waals surface area contributed by atoms with Crippen LogP contribution in [0.15, 0.2) is 12.1 Å². The van der Waals surface area contributed by atoms with Crippen molar-refractivity contribution in [3.63, 3.8) is 0 Å². The lowest BCUT2D eigenvalue weighted by Crippen LogP contribution is -2.10. The summed E-state index contributed by atoms with van der Waals surface area (Å²) in [5, 5.41) is 10.1. The Morgan fingerprint density at radius 2 is 1.50 bits per heavy atom. The largest absolute Gasteiger partial charge is 0.508 e. The number of hydrogen-bond acceptors (Lipinski definition) is 3. The van der Waals surface area contributed by atoms with Gasteiger partial charge in [0.2, 0.25) is 0 Å². The van der Waals surface area contributed by atoms with Crippen LogP contribution in [0.2, 0.25) is 0 Å². The zero-order valence-electron chi connectivity index (χ0n) is 12.5. The molecule has 0 spiro atoms. The summed E-state index contributed by atoms with van der Waals surface area (Å²) in [6.07, 6.45) is 1.37. The van der Waals surface area contributed by atoms with E-state index in [2.05, 4.69) is 0 Å². The Morgan fingerprint density at radius 3 is 1.95 bits per heavy atom. The van der Waals surface area contributed by atoms with Crippen LogP contribution in [0.1, 0.15) is 44.4 Å². The molecule has 0 amide bonds. The highest BCUT2D eigenvalue weighted by Gasteiger charge is 2.18. The van der Waals surface area contributed by atoms with Crippen LogP contribution in [0.5, 0.6) is 5.75 Å². The number of benzene rings is 1. The fraction of sp³-hybridized carbons (Fsp3) is 0.600. The molecule has 0 saturated heterocycles. The van der Waals surface area contributed by atoms with Crippen LogP contribution < -0.4 is 0 Å². The minimum atomic E-state index is -4.08. The van der Waals surface area contributed by atoms with Gasteiger partial charge in [-0.3, -0.25) is 4.55 Å². The van der Waals surface area contributed by atoms with Crippen molar-refractivity contribution in [3.05, 3.63) is 28.8 Å². The van der Waals surface area contributed by atoms with Gasteiger partial charge in [-0.25, -0.2) is 0 Å². The van der Waals surface area contributed by atoms with Crippen LogP contribution in [0.25, 0.3) is 0 Å². The molecule has 5 heteroatoms. The van der Waals surface area contributed by atoms with E-state index >= 15 is 0 Å². The molecule has 0 aliphatic carbocycles. The molecule has 0 atom stereocenters. The molecular formula is C15H24O4S. The Morgan fingerprint density at radius 1 is 1.00 bits per heavy atom. The summed E-state index contributed by atoms with van der Waals surface area (Å²) in [6.45, 7) is 8.18. The molecule has 0 aliphatic rings. The van der Waals surface area contributed by atoms with E-state index in [0.717, 1.165) is 11.1 Å². The van der Waals surface area contributed by atoms with Crippen molar-refractivity contribution in [2.24, 2.45) is 11.8 Å². The number of aromatic hydroxyl groups is 1. The first-order valence-corrected chi connectivity index (χ1v) is 8.48. The zero-order chi connectivity index (χ0) is 15.5. The van der Waals surface area contributed by atoms with E-state index in [1.807, 2.05) is 27.7 Å². The molecule has 1 aromatic carbocycles. The fourth-order valence-corrected chi connectivity index (χ4v) is 3.02. The zero-order valence-corrected chi connectivity index (χ0v) is 13.4. The molecule has 0 radical (unpaired) electrons. The van der Waals surface area contributed by atoms with Gasteiger partial charge in [-0.05, 0) is 47.4 Å². The Hall–Kier alpha value is -1.07. The third kappa shape index (κ3) is 5.13. The second kappa shape index (κ2) is 6.59. The molecule has 0 heterocycles. The molecule has 2 N–H and O–H groups in total. The monoisotopic (exact) mass is 300 g/mol. The van der Waals surface area contributed by atoms with Crippen molar-refractivity contribution >= 4 is 10.1 Å². The Labute approximate surface area is 121 Å². The van der Waals surface area contributed by atoms with E-state index in [0.29, 0.717) is 30.2 Å². The lowest BCUT2D eigenvalue weighted by atomic mass is 9.89. The van der Waals surface area contributed by atoms with Crippen LogP contribution in [0.4, 0.5) is 0 Å². The summed E-state index contributed by atoms with van der Waals surface area (Å²) in [7, 11) is -4.08. The van der Waals surface area contributed by atoms with Crippen LogP contribution in [-0.2, 0) is 28.7 Å². The maximum atomic E-state index is 11.2. The second-order valence-corrected chi connectivity index (χ2v) is 7.58. The molecular weight excluding hydrogens is 276 g/mol. The predicted molar refractivity (Wildman–Crippen MR) is 80.4 cm³/mol. The van der Waals surface area contributed by atoms with Crippen LogP contribution in [-0.4, -0.2) is 18.1 Å². The van der Waals surface area contributed by atoms with Gasteiger partial charge < -0.3 is 5.11 Å². The molecule has 0 fully saturated rings. The van der Waals surface area contributed by atoms with Gasteiger partial charge in [0.1, 0.15) is 11.5 Å². The van der Waals surface area contributed by atoms with Gasteiger partial charge in [0, 0.05) is 0 Å². The molecule has 20 heavy (non-hydrogen) atoms. The summed E-state index contributed by atoms with van der Waals surface area (Å²) in [6, 6.07) is 3.10. The molecule has 0 bridgehead atoms. The molecule has 1 aromatic rings. The smallest absolute Gasteiger partial charge is 0.269 e. The average molecular weight is 300 g/mol. The van der Waals surface area contributed by atoms with Gasteiger partial charge in [0.05, 0.1) is 0 Å². The first-order chi connectivity index (χ1) is 9.10. The van der Waals surface area contributed by atoms with Gasteiger partial charge in [-0.15, -0.1) is 0 Å². The highest BCUT2D eigenvalue weighted by molar-refractivity contribution is 7.85. The predicted octanol–water partition coefficient (Wildman–Crippen LogP) is 3.18. The van der Waals surface area contributed by atoms with E-state index in [1.165, 1.54) is 6.07 Å². The van der Waals surface area contributed by atoms with E-state index < -0.39 is 15.9 Å². The molecule has 0 aromatic heterocycles. The molecule has 114 valence electrons. The lowest BCUT2D eigenvalue weighted by Gasteiger charge is -2.19. The van der Waals surface area contributed by atoms with Gasteiger partial charge in [0.15, 0.2) is 0 Å². The van der Waals surface area contributed by atoms with Crippen molar-refractivity contribution in [1.82, 2.24) is 0 Å². The SMILES string of the molecule is CC(C)Cc1c(O)ccc(CS(=O)(=O)O)c1CC(C)C. The van der Waals surface area contributed by atoms with Gasteiger partial charge in [0.25, 0.3) is 10.1 Å². The van der Waals surface area contributed by atoms with E-state index in [1.54, 1.807) is 6.07 Å². The van der Waals surface area contributed by atoms with E-state index in [-0.39, 0.29) is 5.75 Å². The molecule has 0 unspecified atom stereocenters. The maximum absolute atomic E-state index is 11.2. The number of phenolic OH excluding ortho intramolecular Hbond substituents is 1. The second-order valence-electron chi connectivity index (χ2n) is 6.12. The molecule has 4 nitrogen and oxygen atoms in total. The standard InChI is InChI=1S/C15H24O4S/c1-10(2)7-13-12(9-20(17,18)19)5-6-15(16)14(13)8-11(3)4/h5-6,10-11,16H,7-9H2,1-4H3,(H,17,18,19). The summed E-state index contributed by atoms with van der Waals surface area (Å²) in [4.78, 5) is 0. The van der Waals surface area contributed by atoms with Gasteiger partial charge in [-0.2, -0.15) is 8.42 Å². The number of phenols is 1. The van der Waals surface area contributed by atoms with Crippen molar-refractivity contribution in [2.45, 2.75) is 46.3 Å². The van der Waals surface area contributed by atoms with Crippen LogP contribution in [0.3, 0.4) is 0 Å². The van der Waals surface area contributed by atoms with Gasteiger partial charge >= 0.3 is 0 Å². The lowest BCUT2D eigenvalue weighted by molar-refractivity contribution is 0.458. The highest BCUT2D eigenvalue weighted by Crippen LogP contribution is 2.30. The Balaban J connectivity index is 3.36. The molecule has 1 rings (SSSR count). The minimum Gasteiger partial charge on any atom is -0.508 e. The highest BCUT2D eigenvalue weighted by atomic mass is 32.2. The quantitative estimate of drug-likeness (QED) is 0.791. The van der Waals surface area contributed by atoms with Crippen molar-refractivity contribution in [2.75, 3.05) is 0 Å². The Kier molecular flexibility index (Phi) is 5.59. The fourth-order valence-electron chi connectivity index (χ4n) is 2.36. The van der Waals surface area contributed by atoms with E-state index in [9.17, 15) is 13.5 Å². The molecule has 0 aliphatic heterocycles. The first-order valence-electron chi connectivity index (χ1n) is 6.88. The number of hydrogen-bond donors (Lipinski definition) is 2. The normalized spacial score (nSPS) is 12.3. The van der Waals surface area contributed by atoms with Crippen molar-refractivity contribution < 1.29 is 18.1 Å². The number of rotatable bonds is 6. The summed E-state index contributed by atoms with van der Waals surface area (Å²) in [5.41, 5.74) is 2.23. The van der Waals surface area contributed by atoms with Crippen LogP contribution >= 0.6 is 0 Å². The topological polar surface area (TPSA) is 74.6 Å². The van der Waals surface area contributed by atoms with E-state index in [4.69, 9.17) is 4.55 Å².